The number of fused-ring (bicyclic) bond motifs is 1. The van der Waals surface area contributed by atoms with E-state index in [1.165, 1.54) is 6.07 Å². The molecule has 7 heteroatoms. The van der Waals surface area contributed by atoms with Gasteiger partial charge in [-0.2, -0.15) is 13.2 Å². The van der Waals surface area contributed by atoms with Crippen LogP contribution >= 0.6 is 11.6 Å². The maximum Gasteiger partial charge on any atom is 0.389 e. The number of hydrogen-bond donors (Lipinski definition) is 2. The minimum absolute atomic E-state index is 0.160. The normalized spacial score (nSPS) is 16.2. The van der Waals surface area contributed by atoms with Crippen LogP contribution < -0.4 is 11.1 Å². The lowest BCUT2D eigenvalue weighted by Crippen LogP contribution is -2.16. The highest BCUT2D eigenvalue weighted by Gasteiger charge is 2.29. The second-order valence-electron chi connectivity index (χ2n) is 4.52. The van der Waals surface area contributed by atoms with E-state index in [0.717, 1.165) is 0 Å². The van der Waals surface area contributed by atoms with E-state index in [0.29, 0.717) is 16.8 Å². The Hall–Kier alpha value is -1.27. The fraction of sp³-hybridized carbons (Fsp3) is 0.417. The van der Waals surface area contributed by atoms with Crippen molar-refractivity contribution in [3.63, 3.8) is 0 Å². The third kappa shape index (κ3) is 3.39. The summed E-state index contributed by atoms with van der Waals surface area (Å²) in [5, 5.41) is 2.89. The number of carbonyl (C=O) groups excluding carboxylic acids is 1. The summed E-state index contributed by atoms with van der Waals surface area (Å²) in [6, 6.07) is 2.34. The van der Waals surface area contributed by atoms with Crippen LogP contribution in [0.5, 0.6) is 0 Å². The first-order valence-electron chi connectivity index (χ1n) is 5.71. The number of halogens is 4. The Morgan fingerprint density at radius 2 is 2.11 bits per heavy atom. The van der Waals surface area contributed by atoms with Crippen molar-refractivity contribution in [3.8, 4) is 0 Å². The third-order valence-corrected chi connectivity index (χ3v) is 3.31. The standard InChI is InChI=1S/C12H12ClF3N2O/c13-8-5-10-6(4-11(19)18-10)3-7(8)9(17)1-2-12(14,15)16/h3,5,9H,1-2,4,17H2,(H,18,19). The Kier molecular flexibility index (Phi) is 3.73. The predicted molar refractivity (Wildman–Crippen MR) is 66.0 cm³/mol. The molecule has 0 aromatic heterocycles. The van der Waals surface area contributed by atoms with E-state index in [1.54, 1.807) is 6.07 Å². The fourth-order valence-corrected chi connectivity index (χ4v) is 2.33. The molecule has 0 fully saturated rings. The lowest BCUT2D eigenvalue weighted by Gasteiger charge is -2.16. The summed E-state index contributed by atoms with van der Waals surface area (Å²) in [5.41, 5.74) is 7.50. The van der Waals surface area contributed by atoms with Crippen LogP contribution in [0.3, 0.4) is 0 Å². The molecule has 1 atom stereocenters. The van der Waals surface area contributed by atoms with Crippen molar-refractivity contribution in [2.45, 2.75) is 31.5 Å². The number of alkyl halides is 3. The highest BCUT2D eigenvalue weighted by atomic mass is 35.5. The summed E-state index contributed by atoms with van der Waals surface area (Å²) >= 11 is 5.99. The van der Waals surface area contributed by atoms with Crippen molar-refractivity contribution < 1.29 is 18.0 Å². The van der Waals surface area contributed by atoms with Gasteiger partial charge >= 0.3 is 6.18 Å². The third-order valence-electron chi connectivity index (χ3n) is 2.99. The molecule has 1 unspecified atom stereocenters. The Bertz CT molecular complexity index is 516. The minimum Gasteiger partial charge on any atom is -0.325 e. The van der Waals surface area contributed by atoms with Crippen LogP contribution in [-0.2, 0) is 11.2 Å². The largest absolute Gasteiger partial charge is 0.389 e. The quantitative estimate of drug-likeness (QED) is 0.899. The van der Waals surface area contributed by atoms with E-state index in [4.69, 9.17) is 17.3 Å². The summed E-state index contributed by atoms with van der Waals surface area (Å²) in [7, 11) is 0. The van der Waals surface area contributed by atoms with Crippen molar-refractivity contribution in [2.24, 2.45) is 5.73 Å². The number of hydrogen-bond acceptors (Lipinski definition) is 2. The molecule has 3 N–H and O–H groups in total. The van der Waals surface area contributed by atoms with Crippen LogP contribution in [0.15, 0.2) is 12.1 Å². The van der Waals surface area contributed by atoms with E-state index in [1.807, 2.05) is 0 Å². The van der Waals surface area contributed by atoms with Gasteiger partial charge in [-0.3, -0.25) is 4.79 Å². The first-order valence-corrected chi connectivity index (χ1v) is 6.08. The van der Waals surface area contributed by atoms with E-state index in [-0.39, 0.29) is 23.8 Å². The molecule has 3 nitrogen and oxygen atoms in total. The zero-order valence-electron chi connectivity index (χ0n) is 9.85. The Labute approximate surface area is 112 Å². The molecule has 1 amide bonds. The Morgan fingerprint density at radius 1 is 1.42 bits per heavy atom. The zero-order valence-corrected chi connectivity index (χ0v) is 10.6. The monoisotopic (exact) mass is 292 g/mol. The first kappa shape index (κ1) is 14.1. The lowest BCUT2D eigenvalue weighted by atomic mass is 9.99. The zero-order chi connectivity index (χ0) is 14.2. The topological polar surface area (TPSA) is 55.1 Å². The predicted octanol–water partition coefficient (Wildman–Crippen LogP) is 3.18. The van der Waals surface area contributed by atoms with Crippen molar-refractivity contribution in [2.75, 3.05) is 5.32 Å². The average Bonchev–Trinajstić information content (AvgIpc) is 2.63. The smallest absolute Gasteiger partial charge is 0.325 e. The molecule has 1 aliphatic heterocycles. The van der Waals surface area contributed by atoms with Gasteiger partial charge in [0.05, 0.1) is 6.42 Å². The van der Waals surface area contributed by atoms with Crippen LogP contribution in [0.25, 0.3) is 0 Å². The molecule has 0 aliphatic carbocycles. The maximum atomic E-state index is 12.2. The van der Waals surface area contributed by atoms with Gasteiger partial charge in [-0.15, -0.1) is 0 Å². The van der Waals surface area contributed by atoms with Crippen molar-refractivity contribution in [3.05, 3.63) is 28.3 Å². The van der Waals surface area contributed by atoms with Crippen molar-refractivity contribution >= 4 is 23.2 Å². The van der Waals surface area contributed by atoms with Crippen molar-refractivity contribution in [1.29, 1.82) is 0 Å². The second kappa shape index (κ2) is 5.02. The van der Waals surface area contributed by atoms with Crippen molar-refractivity contribution in [1.82, 2.24) is 0 Å². The number of rotatable bonds is 3. The molecule has 1 aromatic carbocycles. The van der Waals surface area contributed by atoms with E-state index < -0.39 is 18.6 Å². The number of carbonyl (C=O) groups is 1. The summed E-state index contributed by atoms with van der Waals surface area (Å²) in [6.45, 7) is 0. The lowest BCUT2D eigenvalue weighted by molar-refractivity contribution is -0.136. The van der Waals surface area contributed by atoms with E-state index in [2.05, 4.69) is 5.32 Å². The highest BCUT2D eigenvalue weighted by molar-refractivity contribution is 6.32. The molecule has 104 valence electrons. The van der Waals surface area contributed by atoms with Gasteiger partial charge in [0.25, 0.3) is 0 Å². The Morgan fingerprint density at radius 3 is 2.74 bits per heavy atom. The summed E-state index contributed by atoms with van der Waals surface area (Å²) in [5.74, 6) is -0.160. The molecule has 19 heavy (non-hydrogen) atoms. The molecular formula is C12H12ClF3N2O. The van der Waals surface area contributed by atoms with Gasteiger partial charge < -0.3 is 11.1 Å². The molecule has 0 saturated heterocycles. The molecule has 0 bridgehead atoms. The van der Waals surface area contributed by atoms with Crippen LogP contribution in [0.2, 0.25) is 5.02 Å². The summed E-state index contributed by atoms with van der Waals surface area (Å²) < 4.78 is 36.5. The summed E-state index contributed by atoms with van der Waals surface area (Å²) in [4.78, 5) is 11.2. The van der Waals surface area contributed by atoms with Gasteiger partial charge in [-0.1, -0.05) is 17.7 Å². The highest BCUT2D eigenvalue weighted by Crippen LogP contribution is 2.34. The number of nitrogens with one attached hydrogen (secondary N) is 1. The molecule has 0 spiro atoms. The van der Waals surface area contributed by atoms with E-state index in [9.17, 15) is 18.0 Å². The van der Waals surface area contributed by atoms with Gasteiger partial charge in [0.1, 0.15) is 0 Å². The molecule has 2 rings (SSSR count). The first-order chi connectivity index (χ1) is 8.76. The SMILES string of the molecule is NC(CCC(F)(F)F)c1cc2c(cc1Cl)NC(=O)C2. The van der Waals surface area contributed by atoms with Gasteiger partial charge in [0.15, 0.2) is 0 Å². The van der Waals surface area contributed by atoms with Crippen LogP contribution in [-0.4, -0.2) is 12.1 Å². The number of nitrogens with two attached hydrogens (primary N) is 1. The Balaban J connectivity index is 2.17. The number of anilines is 1. The second-order valence-corrected chi connectivity index (χ2v) is 4.92. The number of amides is 1. The molecule has 0 saturated carbocycles. The molecular weight excluding hydrogens is 281 g/mol. The molecule has 0 radical (unpaired) electrons. The van der Waals surface area contributed by atoms with Gasteiger partial charge in [-0.05, 0) is 23.6 Å². The average molecular weight is 293 g/mol. The molecule has 1 aromatic rings. The van der Waals surface area contributed by atoms with Crippen LogP contribution in [0.4, 0.5) is 18.9 Å². The molecule has 1 heterocycles. The van der Waals surface area contributed by atoms with Gasteiger partial charge in [-0.25, -0.2) is 0 Å². The number of benzene rings is 1. The van der Waals surface area contributed by atoms with Gasteiger partial charge in [0.2, 0.25) is 5.91 Å². The maximum absolute atomic E-state index is 12.2. The molecule has 1 aliphatic rings. The van der Waals surface area contributed by atoms with Crippen LogP contribution in [0.1, 0.15) is 30.0 Å². The van der Waals surface area contributed by atoms with E-state index >= 15 is 0 Å². The minimum atomic E-state index is -4.24. The van der Waals surface area contributed by atoms with Crippen LogP contribution in [0, 0.1) is 0 Å². The fourth-order valence-electron chi connectivity index (χ4n) is 2.03. The van der Waals surface area contributed by atoms with Gasteiger partial charge in [0, 0.05) is 23.2 Å². The summed E-state index contributed by atoms with van der Waals surface area (Å²) in [6.07, 6.45) is -5.23.